The van der Waals surface area contributed by atoms with Gasteiger partial charge in [0.1, 0.15) is 11.9 Å². The summed E-state index contributed by atoms with van der Waals surface area (Å²) in [6.07, 6.45) is 9.87. The van der Waals surface area contributed by atoms with E-state index in [1.165, 1.54) is 44.1 Å². The van der Waals surface area contributed by atoms with Gasteiger partial charge >= 0.3 is 0 Å². The fourth-order valence-corrected chi connectivity index (χ4v) is 3.87. The maximum Gasteiger partial charge on any atom is 0.124 e. The van der Waals surface area contributed by atoms with Crippen LogP contribution < -0.4 is 10.1 Å². The molecule has 1 aliphatic heterocycles. The summed E-state index contributed by atoms with van der Waals surface area (Å²) in [6, 6.07) is 9.02. The van der Waals surface area contributed by atoms with Crippen molar-refractivity contribution in [3.05, 3.63) is 29.8 Å². The normalized spacial score (nSPS) is 26.9. The summed E-state index contributed by atoms with van der Waals surface area (Å²) >= 11 is 0. The quantitative estimate of drug-likeness (QED) is 0.874. The van der Waals surface area contributed by atoms with Crippen LogP contribution in [0, 0.1) is 5.92 Å². The van der Waals surface area contributed by atoms with Crippen molar-refractivity contribution in [1.82, 2.24) is 5.32 Å². The van der Waals surface area contributed by atoms with Crippen molar-refractivity contribution in [3.63, 3.8) is 0 Å². The first kappa shape index (κ1) is 13.9. The van der Waals surface area contributed by atoms with E-state index in [4.69, 9.17) is 4.74 Å². The van der Waals surface area contributed by atoms with Crippen LogP contribution in [0.5, 0.6) is 5.75 Å². The van der Waals surface area contributed by atoms with Crippen LogP contribution in [0.1, 0.15) is 63.5 Å². The van der Waals surface area contributed by atoms with Crippen molar-refractivity contribution in [1.29, 1.82) is 0 Å². The van der Waals surface area contributed by atoms with Gasteiger partial charge in [0.2, 0.25) is 0 Å². The smallest absolute Gasteiger partial charge is 0.124 e. The Kier molecular flexibility index (Phi) is 4.62. The molecule has 1 aliphatic carbocycles. The molecule has 0 bridgehead atoms. The highest BCUT2D eigenvalue weighted by molar-refractivity contribution is 5.37. The van der Waals surface area contributed by atoms with Gasteiger partial charge in [0, 0.05) is 18.0 Å². The third-order valence-electron chi connectivity index (χ3n) is 4.86. The summed E-state index contributed by atoms with van der Waals surface area (Å²) in [4.78, 5) is 0. The Labute approximate surface area is 122 Å². The minimum Gasteiger partial charge on any atom is -0.490 e. The maximum atomic E-state index is 6.27. The molecular formula is C18H27NO. The van der Waals surface area contributed by atoms with Crippen LogP contribution in [-0.2, 0) is 0 Å². The molecule has 0 radical (unpaired) electrons. The predicted octanol–water partition coefficient (Wildman–Crippen LogP) is 4.46. The number of benzene rings is 1. The molecule has 2 heteroatoms. The SMILES string of the molecule is CCNC1CC(CC2CCCCC2)Oc2ccccc21. The van der Waals surface area contributed by atoms with Crippen molar-refractivity contribution < 1.29 is 4.74 Å². The van der Waals surface area contributed by atoms with Gasteiger partial charge in [-0.15, -0.1) is 0 Å². The Morgan fingerprint density at radius 1 is 1.15 bits per heavy atom. The van der Waals surface area contributed by atoms with Crippen LogP contribution in [0.3, 0.4) is 0 Å². The number of para-hydroxylation sites is 1. The maximum absolute atomic E-state index is 6.27. The van der Waals surface area contributed by atoms with E-state index in [-0.39, 0.29) is 0 Å². The fourth-order valence-electron chi connectivity index (χ4n) is 3.87. The molecule has 1 heterocycles. The number of ether oxygens (including phenoxy) is 1. The molecule has 2 nitrogen and oxygen atoms in total. The lowest BCUT2D eigenvalue weighted by Crippen LogP contribution is -2.34. The molecule has 0 spiro atoms. The summed E-state index contributed by atoms with van der Waals surface area (Å²) in [5.41, 5.74) is 1.34. The van der Waals surface area contributed by atoms with Crippen LogP contribution in [0.4, 0.5) is 0 Å². The summed E-state index contributed by atoms with van der Waals surface area (Å²) < 4.78 is 6.27. The first-order valence-electron chi connectivity index (χ1n) is 8.35. The highest BCUT2D eigenvalue weighted by atomic mass is 16.5. The van der Waals surface area contributed by atoms with Gasteiger partial charge in [0.05, 0.1) is 0 Å². The lowest BCUT2D eigenvalue weighted by Gasteiger charge is -2.35. The number of hydrogen-bond acceptors (Lipinski definition) is 2. The number of fused-ring (bicyclic) bond motifs is 1. The van der Waals surface area contributed by atoms with E-state index >= 15 is 0 Å². The molecule has 2 unspecified atom stereocenters. The molecule has 110 valence electrons. The fraction of sp³-hybridized carbons (Fsp3) is 0.667. The van der Waals surface area contributed by atoms with Crippen LogP contribution in [0.25, 0.3) is 0 Å². The molecule has 2 aliphatic rings. The largest absolute Gasteiger partial charge is 0.490 e. The van der Waals surface area contributed by atoms with Crippen molar-refractivity contribution in [2.24, 2.45) is 5.92 Å². The van der Waals surface area contributed by atoms with E-state index in [1.54, 1.807) is 0 Å². The summed E-state index contributed by atoms with van der Waals surface area (Å²) in [6.45, 7) is 3.21. The standard InChI is InChI=1S/C18H27NO/c1-2-19-17-13-15(12-14-8-4-3-5-9-14)20-18-11-7-6-10-16(17)18/h6-7,10-11,14-15,17,19H,2-5,8-9,12-13H2,1H3. The van der Waals surface area contributed by atoms with E-state index in [0.29, 0.717) is 12.1 Å². The molecule has 1 fully saturated rings. The third kappa shape index (κ3) is 3.17. The molecule has 1 N–H and O–H groups in total. The van der Waals surface area contributed by atoms with Gasteiger partial charge in [0.15, 0.2) is 0 Å². The van der Waals surface area contributed by atoms with Crippen molar-refractivity contribution in [2.45, 2.75) is 64.0 Å². The zero-order chi connectivity index (χ0) is 13.8. The lowest BCUT2D eigenvalue weighted by atomic mass is 9.83. The molecule has 1 saturated carbocycles. The second-order valence-electron chi connectivity index (χ2n) is 6.36. The number of rotatable bonds is 4. The molecule has 2 atom stereocenters. The zero-order valence-electron chi connectivity index (χ0n) is 12.6. The Morgan fingerprint density at radius 2 is 1.95 bits per heavy atom. The summed E-state index contributed by atoms with van der Waals surface area (Å²) in [5, 5.41) is 3.63. The van der Waals surface area contributed by atoms with E-state index in [1.807, 2.05) is 0 Å². The Bertz CT molecular complexity index is 425. The number of hydrogen-bond donors (Lipinski definition) is 1. The molecule has 0 saturated heterocycles. The van der Waals surface area contributed by atoms with E-state index in [0.717, 1.165) is 24.6 Å². The molecule has 1 aromatic rings. The molecule has 20 heavy (non-hydrogen) atoms. The molecule has 0 aromatic heterocycles. The highest BCUT2D eigenvalue weighted by Gasteiger charge is 2.29. The summed E-state index contributed by atoms with van der Waals surface area (Å²) in [7, 11) is 0. The van der Waals surface area contributed by atoms with Crippen LogP contribution in [0.2, 0.25) is 0 Å². The van der Waals surface area contributed by atoms with Crippen LogP contribution in [-0.4, -0.2) is 12.6 Å². The van der Waals surface area contributed by atoms with Gasteiger partial charge in [-0.25, -0.2) is 0 Å². The van der Waals surface area contributed by atoms with Crippen LogP contribution >= 0.6 is 0 Å². The van der Waals surface area contributed by atoms with Gasteiger partial charge in [-0.1, -0.05) is 57.2 Å². The topological polar surface area (TPSA) is 21.3 Å². The Balaban J connectivity index is 1.68. The summed E-state index contributed by atoms with van der Waals surface area (Å²) in [5.74, 6) is 1.99. The van der Waals surface area contributed by atoms with E-state index < -0.39 is 0 Å². The molecule has 0 amide bonds. The number of nitrogens with one attached hydrogen (secondary N) is 1. The Hall–Kier alpha value is -1.02. The average molecular weight is 273 g/mol. The van der Waals surface area contributed by atoms with Gasteiger partial charge in [-0.2, -0.15) is 0 Å². The first-order chi connectivity index (χ1) is 9.86. The molecular weight excluding hydrogens is 246 g/mol. The average Bonchev–Trinajstić information content (AvgIpc) is 2.49. The monoisotopic (exact) mass is 273 g/mol. The van der Waals surface area contributed by atoms with Gasteiger partial charge in [0.25, 0.3) is 0 Å². The van der Waals surface area contributed by atoms with Crippen molar-refractivity contribution >= 4 is 0 Å². The van der Waals surface area contributed by atoms with Crippen molar-refractivity contribution in [3.8, 4) is 5.75 Å². The minimum atomic E-state index is 0.400. The predicted molar refractivity (Wildman–Crippen MR) is 83.1 cm³/mol. The zero-order valence-corrected chi connectivity index (χ0v) is 12.6. The minimum absolute atomic E-state index is 0.400. The van der Waals surface area contributed by atoms with Crippen molar-refractivity contribution in [2.75, 3.05) is 6.54 Å². The van der Waals surface area contributed by atoms with Crippen LogP contribution in [0.15, 0.2) is 24.3 Å². The Morgan fingerprint density at radius 3 is 2.75 bits per heavy atom. The second kappa shape index (κ2) is 6.62. The van der Waals surface area contributed by atoms with Gasteiger partial charge in [-0.3, -0.25) is 0 Å². The molecule has 3 rings (SSSR count). The van der Waals surface area contributed by atoms with Gasteiger partial charge < -0.3 is 10.1 Å². The van der Waals surface area contributed by atoms with E-state index in [9.17, 15) is 0 Å². The van der Waals surface area contributed by atoms with Gasteiger partial charge in [-0.05, 0) is 24.9 Å². The first-order valence-corrected chi connectivity index (χ1v) is 8.35. The third-order valence-corrected chi connectivity index (χ3v) is 4.86. The molecule has 1 aromatic carbocycles. The van der Waals surface area contributed by atoms with E-state index in [2.05, 4.69) is 36.5 Å². The highest BCUT2D eigenvalue weighted by Crippen LogP contribution is 2.38. The lowest BCUT2D eigenvalue weighted by molar-refractivity contribution is 0.113. The second-order valence-corrected chi connectivity index (χ2v) is 6.36.